The standard InChI is InChI=1S/C25H27N3O3/c29-22(16-28-8-6-21(7-9-28)23(30)20-4-2-1-3-5-20)26-24(31)27-25-13-17-10-18(14-25)12-19(11-17)15-25/h1-9,17-19H,10-16H2,(H-,26,27,29,31)/p+1. The van der Waals surface area contributed by atoms with Gasteiger partial charge in [0.25, 0.3) is 5.91 Å². The van der Waals surface area contributed by atoms with Crippen LogP contribution in [0.1, 0.15) is 54.4 Å². The fourth-order valence-electron chi connectivity index (χ4n) is 6.34. The lowest BCUT2D eigenvalue weighted by Crippen LogP contribution is -2.62. The van der Waals surface area contributed by atoms with Gasteiger partial charge in [-0.1, -0.05) is 30.3 Å². The minimum Gasteiger partial charge on any atom is -0.332 e. The highest BCUT2D eigenvalue weighted by molar-refractivity contribution is 6.08. The first-order chi connectivity index (χ1) is 15.0. The van der Waals surface area contributed by atoms with Crippen molar-refractivity contribution in [2.75, 3.05) is 0 Å². The first-order valence-corrected chi connectivity index (χ1v) is 11.2. The quantitative estimate of drug-likeness (QED) is 0.579. The van der Waals surface area contributed by atoms with Gasteiger partial charge in [-0.25, -0.2) is 4.79 Å². The van der Waals surface area contributed by atoms with Crippen LogP contribution in [0.4, 0.5) is 4.79 Å². The third-order valence-electron chi connectivity index (χ3n) is 7.19. The fourth-order valence-corrected chi connectivity index (χ4v) is 6.34. The van der Waals surface area contributed by atoms with Gasteiger partial charge in [-0.05, 0) is 56.3 Å². The lowest BCUT2D eigenvalue weighted by atomic mass is 9.53. The van der Waals surface area contributed by atoms with Gasteiger partial charge in [-0.2, -0.15) is 4.57 Å². The summed E-state index contributed by atoms with van der Waals surface area (Å²) >= 11 is 0. The molecule has 4 aliphatic rings. The smallest absolute Gasteiger partial charge is 0.322 e. The van der Waals surface area contributed by atoms with Gasteiger partial charge in [0, 0.05) is 28.8 Å². The van der Waals surface area contributed by atoms with E-state index in [1.807, 2.05) is 18.2 Å². The van der Waals surface area contributed by atoms with Gasteiger partial charge in [0.2, 0.25) is 6.54 Å². The molecule has 1 aromatic carbocycles. The first kappa shape index (κ1) is 19.9. The first-order valence-electron chi connectivity index (χ1n) is 11.2. The molecule has 6 rings (SSSR count). The van der Waals surface area contributed by atoms with Gasteiger partial charge in [-0.3, -0.25) is 14.9 Å². The second kappa shape index (κ2) is 7.91. The Balaban J connectivity index is 1.15. The van der Waals surface area contributed by atoms with Crippen LogP contribution < -0.4 is 15.2 Å². The predicted octanol–water partition coefficient (Wildman–Crippen LogP) is 3.00. The Morgan fingerprint density at radius 2 is 1.39 bits per heavy atom. The van der Waals surface area contributed by atoms with Crippen LogP contribution in [0.5, 0.6) is 0 Å². The molecule has 0 aliphatic heterocycles. The van der Waals surface area contributed by atoms with Gasteiger partial charge >= 0.3 is 6.03 Å². The van der Waals surface area contributed by atoms with Crippen molar-refractivity contribution in [1.29, 1.82) is 0 Å². The molecule has 0 radical (unpaired) electrons. The van der Waals surface area contributed by atoms with E-state index in [0.717, 1.165) is 37.0 Å². The van der Waals surface area contributed by atoms with E-state index in [1.165, 1.54) is 19.3 Å². The second-order valence-electron chi connectivity index (χ2n) is 9.65. The van der Waals surface area contributed by atoms with Crippen molar-refractivity contribution in [3.05, 3.63) is 66.0 Å². The van der Waals surface area contributed by atoms with E-state index < -0.39 is 0 Å². The number of aromatic nitrogens is 1. The monoisotopic (exact) mass is 418 g/mol. The highest BCUT2D eigenvalue weighted by atomic mass is 16.2. The summed E-state index contributed by atoms with van der Waals surface area (Å²) in [6.07, 6.45) is 10.4. The van der Waals surface area contributed by atoms with Crippen LogP contribution in [0.3, 0.4) is 0 Å². The summed E-state index contributed by atoms with van der Waals surface area (Å²) in [5, 5.41) is 5.65. The molecular weight excluding hydrogens is 390 g/mol. The third-order valence-corrected chi connectivity index (χ3v) is 7.19. The Morgan fingerprint density at radius 1 is 0.839 bits per heavy atom. The number of amides is 3. The largest absolute Gasteiger partial charge is 0.332 e. The van der Waals surface area contributed by atoms with Crippen molar-refractivity contribution in [2.24, 2.45) is 17.8 Å². The topological polar surface area (TPSA) is 79.2 Å². The number of hydrogen-bond acceptors (Lipinski definition) is 3. The minimum absolute atomic E-state index is 0.0219. The van der Waals surface area contributed by atoms with Crippen LogP contribution in [0.25, 0.3) is 0 Å². The Morgan fingerprint density at radius 3 is 1.97 bits per heavy atom. The van der Waals surface area contributed by atoms with Gasteiger partial charge < -0.3 is 5.32 Å². The number of imide groups is 1. The Hall–Kier alpha value is -3.02. The lowest BCUT2D eigenvalue weighted by Gasteiger charge is -2.56. The second-order valence-corrected chi connectivity index (χ2v) is 9.65. The highest BCUT2D eigenvalue weighted by Crippen LogP contribution is 2.55. The molecule has 160 valence electrons. The van der Waals surface area contributed by atoms with Gasteiger partial charge in [0.05, 0.1) is 0 Å². The Bertz CT molecular complexity index is 965. The molecule has 4 bridgehead atoms. The molecule has 6 heteroatoms. The predicted molar refractivity (Wildman–Crippen MR) is 114 cm³/mol. The van der Waals surface area contributed by atoms with E-state index in [9.17, 15) is 14.4 Å². The van der Waals surface area contributed by atoms with E-state index in [0.29, 0.717) is 11.1 Å². The molecule has 2 N–H and O–H groups in total. The summed E-state index contributed by atoms with van der Waals surface area (Å²) in [7, 11) is 0. The molecule has 4 saturated carbocycles. The molecule has 31 heavy (non-hydrogen) atoms. The van der Waals surface area contributed by atoms with E-state index in [2.05, 4.69) is 10.6 Å². The molecule has 3 amide bonds. The van der Waals surface area contributed by atoms with Crippen LogP contribution in [0.2, 0.25) is 0 Å². The summed E-state index contributed by atoms with van der Waals surface area (Å²) in [6, 6.07) is 12.1. The number of carbonyl (C=O) groups excluding carboxylic acids is 3. The lowest BCUT2D eigenvalue weighted by molar-refractivity contribution is -0.684. The number of pyridine rings is 1. The third kappa shape index (κ3) is 4.24. The summed E-state index contributed by atoms with van der Waals surface area (Å²) in [5.41, 5.74) is 1.06. The number of ketones is 1. The summed E-state index contributed by atoms with van der Waals surface area (Å²) in [4.78, 5) is 37.4. The van der Waals surface area contributed by atoms with Crippen LogP contribution in [-0.4, -0.2) is 23.3 Å². The molecule has 0 saturated heterocycles. The maximum absolute atomic E-state index is 12.5. The molecule has 4 fully saturated rings. The molecule has 2 aromatic rings. The van der Waals surface area contributed by atoms with Gasteiger partial charge in [0.15, 0.2) is 18.2 Å². The highest BCUT2D eigenvalue weighted by Gasteiger charge is 2.51. The zero-order chi connectivity index (χ0) is 21.4. The average molecular weight is 419 g/mol. The van der Waals surface area contributed by atoms with Crippen LogP contribution in [0, 0.1) is 17.8 Å². The zero-order valence-electron chi connectivity index (χ0n) is 17.5. The maximum Gasteiger partial charge on any atom is 0.322 e. The molecule has 6 nitrogen and oxygen atoms in total. The zero-order valence-corrected chi connectivity index (χ0v) is 17.5. The SMILES string of the molecule is O=C(C[n+]1ccc(C(=O)c2ccccc2)cc1)NC(=O)NC12CC3CC(CC(C3)C1)C2. The van der Waals surface area contributed by atoms with E-state index in [-0.39, 0.29) is 29.8 Å². The van der Waals surface area contributed by atoms with Gasteiger partial charge in [-0.15, -0.1) is 0 Å². The molecule has 0 spiro atoms. The van der Waals surface area contributed by atoms with Crippen molar-refractivity contribution in [2.45, 2.75) is 50.6 Å². The maximum atomic E-state index is 12.5. The van der Waals surface area contributed by atoms with Crippen LogP contribution in [-0.2, 0) is 11.3 Å². The van der Waals surface area contributed by atoms with E-state index in [4.69, 9.17) is 0 Å². The summed E-state index contributed by atoms with van der Waals surface area (Å²) < 4.78 is 1.66. The van der Waals surface area contributed by atoms with Gasteiger partial charge in [0.1, 0.15) is 0 Å². The Kier molecular flexibility index (Phi) is 5.08. The fraction of sp³-hybridized carbons (Fsp3) is 0.440. The molecule has 1 aromatic heterocycles. The van der Waals surface area contributed by atoms with Crippen LogP contribution >= 0.6 is 0 Å². The number of hydrogen-bond donors (Lipinski definition) is 2. The van der Waals surface area contributed by atoms with Crippen molar-refractivity contribution >= 4 is 17.7 Å². The van der Waals surface area contributed by atoms with Crippen molar-refractivity contribution in [1.82, 2.24) is 10.6 Å². The summed E-state index contributed by atoms with van der Waals surface area (Å²) in [6.45, 7) is 0.0219. The number of carbonyl (C=O) groups is 3. The molecule has 1 heterocycles. The number of urea groups is 1. The van der Waals surface area contributed by atoms with E-state index >= 15 is 0 Å². The average Bonchev–Trinajstić information content (AvgIpc) is 2.73. The molecule has 0 unspecified atom stereocenters. The number of nitrogens with one attached hydrogen (secondary N) is 2. The van der Waals surface area contributed by atoms with Crippen LogP contribution in [0.15, 0.2) is 54.9 Å². The summed E-state index contributed by atoms with van der Waals surface area (Å²) in [5.74, 6) is 1.77. The van der Waals surface area contributed by atoms with Crippen molar-refractivity contribution < 1.29 is 19.0 Å². The van der Waals surface area contributed by atoms with E-state index in [1.54, 1.807) is 41.2 Å². The minimum atomic E-state index is -0.386. The van der Waals surface area contributed by atoms with Crippen molar-refractivity contribution in [3.63, 3.8) is 0 Å². The number of benzene rings is 1. The van der Waals surface area contributed by atoms with Crippen molar-refractivity contribution in [3.8, 4) is 0 Å². The molecule has 4 aliphatic carbocycles. The Labute approximate surface area is 182 Å². The molecule has 0 atom stereocenters. The number of rotatable bonds is 5. The molecular formula is C25H28N3O3+. The normalized spacial score (nSPS) is 28.2. The number of nitrogens with zero attached hydrogens (tertiary/aromatic N) is 1.